The van der Waals surface area contributed by atoms with Crippen molar-refractivity contribution in [3.05, 3.63) is 29.8 Å². The molecular weight excluding hydrogens is 256 g/mol. The van der Waals surface area contributed by atoms with E-state index in [2.05, 4.69) is 24.5 Å². The number of carboxylic acid groups (broad SMARTS) is 1. The van der Waals surface area contributed by atoms with Crippen molar-refractivity contribution in [2.75, 3.05) is 11.9 Å². The van der Waals surface area contributed by atoms with Gasteiger partial charge >= 0.3 is 12.0 Å². The van der Waals surface area contributed by atoms with Gasteiger partial charge in [-0.25, -0.2) is 4.79 Å². The first-order chi connectivity index (χ1) is 9.37. The van der Waals surface area contributed by atoms with Crippen molar-refractivity contribution in [1.29, 1.82) is 0 Å². The third-order valence-corrected chi connectivity index (χ3v) is 3.79. The maximum atomic E-state index is 11.7. The van der Waals surface area contributed by atoms with Crippen molar-refractivity contribution >= 4 is 17.7 Å². The molecule has 108 valence electrons. The highest BCUT2D eigenvalue weighted by atomic mass is 16.4. The van der Waals surface area contributed by atoms with Crippen LogP contribution in [-0.4, -0.2) is 23.7 Å². The molecule has 1 aliphatic carbocycles. The summed E-state index contributed by atoms with van der Waals surface area (Å²) in [6.07, 6.45) is 1.14. The van der Waals surface area contributed by atoms with Gasteiger partial charge in [-0.3, -0.25) is 4.79 Å². The summed E-state index contributed by atoms with van der Waals surface area (Å²) in [6, 6.07) is 6.60. The minimum Gasteiger partial charge on any atom is -0.481 e. The van der Waals surface area contributed by atoms with Crippen LogP contribution in [-0.2, 0) is 11.2 Å². The van der Waals surface area contributed by atoms with Crippen LogP contribution in [0.3, 0.4) is 0 Å². The van der Waals surface area contributed by atoms with E-state index in [9.17, 15) is 9.59 Å². The van der Waals surface area contributed by atoms with Crippen LogP contribution in [0.25, 0.3) is 0 Å². The molecule has 0 heterocycles. The molecule has 0 bridgehead atoms. The summed E-state index contributed by atoms with van der Waals surface area (Å²) in [4.78, 5) is 22.3. The molecule has 2 rings (SSSR count). The number of carbonyl (C=O) groups is 2. The summed E-state index contributed by atoms with van der Waals surface area (Å²) >= 11 is 0. The summed E-state index contributed by atoms with van der Waals surface area (Å²) in [7, 11) is 0. The topological polar surface area (TPSA) is 78.4 Å². The Bertz CT molecular complexity index is 508. The smallest absolute Gasteiger partial charge is 0.319 e. The lowest BCUT2D eigenvalue weighted by atomic mass is 10.1. The lowest BCUT2D eigenvalue weighted by Crippen LogP contribution is -2.31. The van der Waals surface area contributed by atoms with Gasteiger partial charge in [-0.2, -0.15) is 0 Å². The number of hydrogen-bond donors (Lipinski definition) is 3. The third-order valence-electron chi connectivity index (χ3n) is 3.79. The van der Waals surface area contributed by atoms with Crippen LogP contribution in [0.4, 0.5) is 10.5 Å². The Morgan fingerprint density at radius 2 is 1.90 bits per heavy atom. The van der Waals surface area contributed by atoms with Crippen LogP contribution >= 0.6 is 0 Å². The Kier molecular flexibility index (Phi) is 3.97. The van der Waals surface area contributed by atoms with E-state index in [0.29, 0.717) is 29.1 Å². The molecular formula is C15H20N2O3. The quantitative estimate of drug-likeness (QED) is 0.773. The average molecular weight is 276 g/mol. The Balaban J connectivity index is 1.77. The number of anilines is 1. The lowest BCUT2D eigenvalue weighted by Gasteiger charge is -2.09. The van der Waals surface area contributed by atoms with Crippen LogP contribution in [0, 0.1) is 11.3 Å². The zero-order valence-corrected chi connectivity index (χ0v) is 11.8. The minimum absolute atomic E-state index is 0.0107. The molecule has 20 heavy (non-hydrogen) atoms. The van der Waals surface area contributed by atoms with Crippen LogP contribution in [0.1, 0.15) is 25.8 Å². The Labute approximate surface area is 118 Å². The average Bonchev–Trinajstić information content (AvgIpc) is 2.96. The third kappa shape index (κ3) is 3.98. The number of carboxylic acids is 1. The van der Waals surface area contributed by atoms with E-state index in [1.165, 1.54) is 0 Å². The van der Waals surface area contributed by atoms with Gasteiger partial charge in [-0.05, 0) is 35.4 Å². The van der Waals surface area contributed by atoms with Gasteiger partial charge in [0, 0.05) is 12.2 Å². The van der Waals surface area contributed by atoms with E-state index < -0.39 is 5.97 Å². The monoisotopic (exact) mass is 276 g/mol. The molecule has 3 N–H and O–H groups in total. The Morgan fingerprint density at radius 3 is 2.40 bits per heavy atom. The van der Waals surface area contributed by atoms with Gasteiger partial charge in [0.2, 0.25) is 0 Å². The number of amides is 2. The molecule has 1 unspecified atom stereocenters. The second kappa shape index (κ2) is 5.53. The molecule has 2 amide bonds. The van der Waals surface area contributed by atoms with Crippen LogP contribution in [0.2, 0.25) is 0 Å². The van der Waals surface area contributed by atoms with Gasteiger partial charge in [-0.15, -0.1) is 0 Å². The van der Waals surface area contributed by atoms with Crippen LogP contribution in [0.5, 0.6) is 0 Å². The fraction of sp³-hybridized carbons (Fsp3) is 0.467. The number of hydrogen-bond acceptors (Lipinski definition) is 2. The molecule has 0 aliphatic heterocycles. The van der Waals surface area contributed by atoms with E-state index in [1.807, 2.05) is 0 Å². The zero-order chi connectivity index (χ0) is 14.8. The first kappa shape index (κ1) is 14.4. The molecule has 5 heteroatoms. The molecule has 1 atom stereocenters. The predicted octanol–water partition coefficient (Wildman–Crippen LogP) is 2.48. The van der Waals surface area contributed by atoms with Crippen LogP contribution in [0.15, 0.2) is 24.3 Å². The van der Waals surface area contributed by atoms with E-state index in [0.717, 1.165) is 6.42 Å². The largest absolute Gasteiger partial charge is 0.481 e. The fourth-order valence-corrected chi connectivity index (χ4v) is 2.20. The zero-order valence-electron chi connectivity index (χ0n) is 11.8. The highest BCUT2D eigenvalue weighted by Gasteiger charge is 2.45. The van der Waals surface area contributed by atoms with Gasteiger partial charge in [0.15, 0.2) is 0 Å². The Morgan fingerprint density at radius 1 is 1.30 bits per heavy atom. The molecule has 1 aliphatic rings. The molecule has 0 aromatic heterocycles. The Hall–Kier alpha value is -2.04. The normalized spacial score (nSPS) is 19.2. The van der Waals surface area contributed by atoms with Gasteiger partial charge in [0.1, 0.15) is 0 Å². The molecule has 1 fully saturated rings. The van der Waals surface area contributed by atoms with Gasteiger partial charge in [-0.1, -0.05) is 26.0 Å². The second-order valence-corrected chi connectivity index (χ2v) is 5.99. The summed E-state index contributed by atoms with van der Waals surface area (Å²) in [6.45, 7) is 5.08. The van der Waals surface area contributed by atoms with E-state index in [4.69, 9.17) is 5.11 Å². The molecule has 1 saturated carbocycles. The van der Waals surface area contributed by atoms with Gasteiger partial charge < -0.3 is 15.7 Å². The number of benzene rings is 1. The van der Waals surface area contributed by atoms with Crippen molar-refractivity contribution < 1.29 is 14.7 Å². The van der Waals surface area contributed by atoms with Crippen molar-refractivity contribution in [3.63, 3.8) is 0 Å². The minimum atomic E-state index is -0.865. The molecule has 1 aromatic rings. The number of nitrogens with one attached hydrogen (secondary N) is 2. The molecule has 0 spiro atoms. The highest BCUT2D eigenvalue weighted by molar-refractivity contribution is 5.89. The maximum Gasteiger partial charge on any atom is 0.319 e. The summed E-state index contributed by atoms with van der Waals surface area (Å²) < 4.78 is 0. The van der Waals surface area contributed by atoms with E-state index in [-0.39, 0.29) is 12.5 Å². The summed E-state index contributed by atoms with van der Waals surface area (Å²) in [5.74, 6) is -0.304. The van der Waals surface area contributed by atoms with Gasteiger partial charge in [0.05, 0.1) is 6.42 Å². The summed E-state index contributed by atoms with van der Waals surface area (Å²) in [5.41, 5.74) is 1.72. The van der Waals surface area contributed by atoms with Crippen molar-refractivity contribution in [2.24, 2.45) is 11.3 Å². The van der Waals surface area contributed by atoms with Crippen molar-refractivity contribution in [3.8, 4) is 0 Å². The molecule has 0 radical (unpaired) electrons. The molecule has 0 saturated heterocycles. The number of carbonyl (C=O) groups excluding carboxylic acids is 1. The van der Waals surface area contributed by atoms with Gasteiger partial charge in [0.25, 0.3) is 0 Å². The van der Waals surface area contributed by atoms with E-state index in [1.54, 1.807) is 24.3 Å². The SMILES string of the molecule is CC1(C)CC1CNC(=O)Nc1ccc(CC(=O)O)cc1. The highest BCUT2D eigenvalue weighted by Crippen LogP contribution is 2.50. The first-order valence-electron chi connectivity index (χ1n) is 6.72. The lowest BCUT2D eigenvalue weighted by molar-refractivity contribution is -0.136. The summed E-state index contributed by atoms with van der Waals surface area (Å²) in [5, 5.41) is 14.3. The predicted molar refractivity (Wildman–Crippen MR) is 76.7 cm³/mol. The standard InChI is InChI=1S/C15H20N2O3/c1-15(2)8-11(15)9-16-14(20)17-12-5-3-10(4-6-12)7-13(18)19/h3-6,11H,7-9H2,1-2H3,(H,18,19)(H2,16,17,20). The van der Waals surface area contributed by atoms with Crippen molar-refractivity contribution in [2.45, 2.75) is 26.7 Å². The molecule has 1 aromatic carbocycles. The molecule has 5 nitrogen and oxygen atoms in total. The van der Waals surface area contributed by atoms with Crippen LogP contribution < -0.4 is 10.6 Å². The first-order valence-corrected chi connectivity index (χ1v) is 6.72. The second-order valence-electron chi connectivity index (χ2n) is 5.99. The number of rotatable bonds is 5. The maximum absolute atomic E-state index is 11.7. The fourth-order valence-electron chi connectivity index (χ4n) is 2.20. The number of aliphatic carboxylic acids is 1. The van der Waals surface area contributed by atoms with E-state index >= 15 is 0 Å². The number of urea groups is 1. The van der Waals surface area contributed by atoms with Crippen molar-refractivity contribution in [1.82, 2.24) is 5.32 Å².